The summed E-state index contributed by atoms with van der Waals surface area (Å²) in [4.78, 5) is 4.49. The summed E-state index contributed by atoms with van der Waals surface area (Å²) in [6.45, 7) is 3.39. The predicted octanol–water partition coefficient (Wildman–Crippen LogP) is 7.16. The van der Waals surface area contributed by atoms with Gasteiger partial charge in [0.25, 0.3) is 0 Å². The third kappa shape index (κ3) is 5.20. The minimum atomic E-state index is -4.46. The molecule has 160 valence electrons. The van der Waals surface area contributed by atoms with Gasteiger partial charge in [-0.2, -0.15) is 13.2 Å². The van der Waals surface area contributed by atoms with Gasteiger partial charge in [0.05, 0.1) is 17.3 Å². The number of alkyl halides is 3. The number of fused-ring (bicyclic) bond motifs is 1. The minimum absolute atomic E-state index is 0.164. The number of allylic oxidation sites excluding steroid dienone is 6. The SMILES string of the molecule is C\C=C/C(=C\C(=C\CC)C(F)(F)F)c1nc2c(o1)C(Nc1ccc(F)cc1)CCC2. The number of hydrogen-bond acceptors (Lipinski definition) is 3. The molecule has 30 heavy (non-hydrogen) atoms. The highest BCUT2D eigenvalue weighted by molar-refractivity contribution is 5.71. The number of benzene rings is 1. The first-order chi connectivity index (χ1) is 14.3. The number of nitrogens with zero attached hydrogens (tertiary/aromatic N) is 1. The van der Waals surface area contributed by atoms with E-state index in [9.17, 15) is 17.6 Å². The minimum Gasteiger partial charge on any atom is -0.439 e. The molecule has 1 aliphatic rings. The van der Waals surface area contributed by atoms with Gasteiger partial charge in [-0.15, -0.1) is 0 Å². The van der Waals surface area contributed by atoms with Crippen LogP contribution in [0.4, 0.5) is 23.2 Å². The molecule has 1 aromatic heterocycles. The molecule has 1 N–H and O–H groups in total. The van der Waals surface area contributed by atoms with Crippen molar-refractivity contribution < 1.29 is 22.0 Å². The lowest BCUT2D eigenvalue weighted by Crippen LogP contribution is -2.16. The van der Waals surface area contributed by atoms with Crippen LogP contribution >= 0.6 is 0 Å². The molecule has 7 heteroatoms. The lowest BCUT2D eigenvalue weighted by atomic mass is 9.97. The van der Waals surface area contributed by atoms with Crippen molar-refractivity contribution >= 4 is 11.3 Å². The first-order valence-corrected chi connectivity index (χ1v) is 9.95. The van der Waals surface area contributed by atoms with Gasteiger partial charge in [-0.3, -0.25) is 0 Å². The van der Waals surface area contributed by atoms with Gasteiger partial charge in [-0.25, -0.2) is 9.37 Å². The Balaban J connectivity index is 1.95. The zero-order valence-corrected chi connectivity index (χ0v) is 16.9. The number of halogens is 4. The molecule has 1 aliphatic carbocycles. The summed E-state index contributed by atoms with van der Waals surface area (Å²) >= 11 is 0. The molecule has 0 radical (unpaired) electrons. The van der Waals surface area contributed by atoms with E-state index in [0.717, 1.165) is 36.4 Å². The van der Waals surface area contributed by atoms with Crippen LogP contribution in [0.25, 0.3) is 5.57 Å². The Morgan fingerprint density at radius 1 is 1.27 bits per heavy atom. The fourth-order valence-corrected chi connectivity index (χ4v) is 3.43. The highest BCUT2D eigenvalue weighted by atomic mass is 19.4. The van der Waals surface area contributed by atoms with Crippen LogP contribution in [0, 0.1) is 5.82 Å². The molecule has 1 heterocycles. The Labute approximate surface area is 173 Å². The summed E-state index contributed by atoms with van der Waals surface area (Å²) in [7, 11) is 0. The topological polar surface area (TPSA) is 38.1 Å². The van der Waals surface area contributed by atoms with Crippen LogP contribution in [-0.2, 0) is 6.42 Å². The van der Waals surface area contributed by atoms with Crippen LogP contribution in [0.5, 0.6) is 0 Å². The molecule has 1 aromatic carbocycles. The Morgan fingerprint density at radius 3 is 2.63 bits per heavy atom. The Kier molecular flexibility index (Phi) is 6.80. The summed E-state index contributed by atoms with van der Waals surface area (Å²) in [5.74, 6) is 0.453. The highest BCUT2D eigenvalue weighted by Crippen LogP contribution is 2.36. The van der Waals surface area contributed by atoms with Gasteiger partial charge in [-0.1, -0.05) is 25.2 Å². The van der Waals surface area contributed by atoms with Crippen LogP contribution in [0.15, 0.2) is 58.6 Å². The zero-order valence-electron chi connectivity index (χ0n) is 16.9. The zero-order chi connectivity index (χ0) is 21.7. The van der Waals surface area contributed by atoms with Crippen LogP contribution < -0.4 is 5.32 Å². The molecule has 1 atom stereocenters. The average molecular weight is 420 g/mol. The number of aromatic nitrogens is 1. The van der Waals surface area contributed by atoms with Crippen molar-refractivity contribution in [3.05, 3.63) is 77.3 Å². The first kappa shape index (κ1) is 21.9. The molecule has 1 unspecified atom stereocenters. The molecule has 0 amide bonds. The summed E-state index contributed by atoms with van der Waals surface area (Å²) in [6.07, 6.45) is 3.59. The van der Waals surface area contributed by atoms with Gasteiger partial charge in [0.2, 0.25) is 5.89 Å². The number of rotatable bonds is 6. The fourth-order valence-electron chi connectivity index (χ4n) is 3.43. The summed E-state index contributed by atoms with van der Waals surface area (Å²) in [6, 6.07) is 5.82. The number of anilines is 1. The van der Waals surface area contributed by atoms with Crippen LogP contribution in [-0.4, -0.2) is 11.2 Å². The van der Waals surface area contributed by atoms with Crippen molar-refractivity contribution in [3.8, 4) is 0 Å². The van der Waals surface area contributed by atoms with Gasteiger partial charge in [-0.05, 0) is 62.9 Å². The standard InChI is InChI=1S/C23H24F4N2O/c1-3-6-15(14-16(7-4-2)23(25,26)27)22-29-20-9-5-8-19(21(20)30-22)28-18-12-10-17(24)11-13-18/h3,6-7,10-14,19,28H,4-5,8-9H2,1-2H3/b6-3-,15-14+,16-7-. The van der Waals surface area contributed by atoms with Crippen LogP contribution in [0.2, 0.25) is 0 Å². The Morgan fingerprint density at radius 2 is 2.00 bits per heavy atom. The van der Waals surface area contributed by atoms with E-state index in [1.54, 1.807) is 38.1 Å². The molecular formula is C23H24F4N2O. The van der Waals surface area contributed by atoms with Crippen molar-refractivity contribution in [1.82, 2.24) is 4.98 Å². The largest absolute Gasteiger partial charge is 0.439 e. The van der Waals surface area contributed by atoms with E-state index >= 15 is 0 Å². The maximum absolute atomic E-state index is 13.4. The maximum Gasteiger partial charge on any atom is 0.416 e. The third-order valence-corrected chi connectivity index (χ3v) is 4.79. The lowest BCUT2D eigenvalue weighted by molar-refractivity contribution is -0.0883. The van der Waals surface area contributed by atoms with E-state index in [1.807, 2.05) is 0 Å². The quantitative estimate of drug-likeness (QED) is 0.398. The van der Waals surface area contributed by atoms with Crippen LogP contribution in [0.3, 0.4) is 0 Å². The molecule has 3 nitrogen and oxygen atoms in total. The predicted molar refractivity (Wildman–Crippen MR) is 109 cm³/mol. The van der Waals surface area contributed by atoms with E-state index < -0.39 is 11.7 Å². The number of aryl methyl sites for hydroxylation is 1. The van der Waals surface area contributed by atoms with Crippen molar-refractivity contribution in [2.75, 3.05) is 5.32 Å². The van der Waals surface area contributed by atoms with E-state index in [0.29, 0.717) is 12.2 Å². The van der Waals surface area contributed by atoms with Crippen LogP contribution in [0.1, 0.15) is 56.5 Å². The van der Waals surface area contributed by atoms with E-state index in [1.165, 1.54) is 12.1 Å². The Bertz CT molecular complexity index is 953. The van der Waals surface area contributed by atoms with Gasteiger partial charge >= 0.3 is 6.18 Å². The second kappa shape index (κ2) is 9.32. The Hall–Kier alpha value is -2.83. The van der Waals surface area contributed by atoms with E-state index in [2.05, 4.69) is 10.3 Å². The van der Waals surface area contributed by atoms with Gasteiger partial charge < -0.3 is 9.73 Å². The van der Waals surface area contributed by atoms with Crippen molar-refractivity contribution in [1.29, 1.82) is 0 Å². The van der Waals surface area contributed by atoms with Crippen molar-refractivity contribution in [2.24, 2.45) is 0 Å². The smallest absolute Gasteiger partial charge is 0.416 e. The molecule has 0 saturated carbocycles. The van der Waals surface area contributed by atoms with Gasteiger partial charge in [0, 0.05) is 11.3 Å². The average Bonchev–Trinajstić information content (AvgIpc) is 3.13. The van der Waals surface area contributed by atoms with Gasteiger partial charge in [0.15, 0.2) is 0 Å². The van der Waals surface area contributed by atoms with E-state index in [-0.39, 0.29) is 29.7 Å². The molecular weight excluding hydrogens is 396 g/mol. The normalized spacial score (nSPS) is 18.0. The van der Waals surface area contributed by atoms with Crippen molar-refractivity contribution in [2.45, 2.75) is 51.7 Å². The molecule has 3 rings (SSSR count). The maximum atomic E-state index is 13.4. The second-order valence-corrected chi connectivity index (χ2v) is 7.09. The van der Waals surface area contributed by atoms with E-state index in [4.69, 9.17) is 4.42 Å². The molecule has 0 saturated heterocycles. The summed E-state index contributed by atoms with van der Waals surface area (Å²) in [5, 5.41) is 3.30. The summed E-state index contributed by atoms with van der Waals surface area (Å²) in [5.41, 5.74) is 1.01. The van der Waals surface area contributed by atoms with Gasteiger partial charge in [0.1, 0.15) is 11.6 Å². The summed E-state index contributed by atoms with van der Waals surface area (Å²) < 4.78 is 59.2. The van der Waals surface area contributed by atoms with Crippen molar-refractivity contribution in [3.63, 3.8) is 0 Å². The molecule has 0 bridgehead atoms. The number of oxazole rings is 1. The second-order valence-electron chi connectivity index (χ2n) is 7.09. The fraction of sp³-hybridized carbons (Fsp3) is 0.348. The molecule has 0 aliphatic heterocycles. The number of hydrogen-bond donors (Lipinski definition) is 1. The number of nitrogens with one attached hydrogen (secondary N) is 1. The third-order valence-electron chi connectivity index (χ3n) is 4.79. The molecule has 2 aromatic rings. The highest BCUT2D eigenvalue weighted by Gasteiger charge is 2.33. The lowest BCUT2D eigenvalue weighted by Gasteiger charge is -2.22. The molecule has 0 spiro atoms. The molecule has 0 fully saturated rings. The monoisotopic (exact) mass is 420 g/mol. The first-order valence-electron chi connectivity index (χ1n) is 9.95.